The summed E-state index contributed by atoms with van der Waals surface area (Å²) in [6, 6.07) is 10.3. The van der Waals surface area contributed by atoms with Gasteiger partial charge in [0.2, 0.25) is 0 Å². The van der Waals surface area contributed by atoms with Crippen LogP contribution >= 0.6 is 61.5 Å². The molecule has 2 rings (SSSR count). The Kier molecular flexibility index (Phi) is 4.70. The molecule has 0 aliphatic rings. The Morgan fingerprint density at radius 1 is 1.38 bits per heavy atom. The summed E-state index contributed by atoms with van der Waals surface area (Å²) >= 11 is 13.9. The third-order valence-corrected chi connectivity index (χ3v) is 5.19. The zero-order valence-corrected chi connectivity index (χ0v) is 13.6. The Hall–Kier alpha value is 0.420. The zero-order valence-electron chi connectivity index (χ0n) is 8.29. The van der Waals surface area contributed by atoms with Crippen LogP contribution in [0.4, 0.5) is 0 Å². The number of alkyl halides is 1. The predicted molar refractivity (Wildman–Crippen MR) is 83.9 cm³/mol. The van der Waals surface area contributed by atoms with E-state index in [1.54, 1.807) is 11.3 Å². The van der Waals surface area contributed by atoms with Crippen molar-refractivity contribution in [2.24, 2.45) is 0 Å². The van der Waals surface area contributed by atoms with Gasteiger partial charge in [-0.2, -0.15) is 0 Å². The summed E-state index contributed by atoms with van der Waals surface area (Å²) in [6.45, 7) is 0. The first kappa shape index (κ1) is 12.9. The van der Waals surface area contributed by atoms with Crippen LogP contribution in [0.2, 0.25) is 5.02 Å². The van der Waals surface area contributed by atoms with Gasteiger partial charge in [0, 0.05) is 18.3 Å². The maximum absolute atomic E-state index is 6.02. The lowest BCUT2D eigenvalue weighted by Crippen LogP contribution is -1.96. The number of rotatable bonds is 3. The van der Waals surface area contributed by atoms with Crippen LogP contribution in [0.5, 0.6) is 0 Å². The highest BCUT2D eigenvalue weighted by atomic mass is 127. The first-order chi connectivity index (χ1) is 7.66. The standard InChI is InChI=1S/C12H9BrClIS/c13-11(7-9-2-1-5-16-9)10-6-8(14)3-4-12(10)15/h1-6,11H,7H2. The molecule has 1 aromatic carbocycles. The zero-order chi connectivity index (χ0) is 11.5. The minimum atomic E-state index is 0.330. The highest BCUT2D eigenvalue weighted by Crippen LogP contribution is 2.33. The predicted octanol–water partition coefficient (Wildman–Crippen LogP) is 5.68. The molecule has 1 unspecified atom stereocenters. The fourth-order valence-corrected chi connectivity index (χ4v) is 4.48. The van der Waals surface area contributed by atoms with Crippen molar-refractivity contribution in [3.8, 4) is 0 Å². The van der Waals surface area contributed by atoms with Crippen molar-refractivity contribution in [2.75, 3.05) is 0 Å². The fraction of sp³-hybridized carbons (Fsp3) is 0.167. The van der Waals surface area contributed by atoms with E-state index >= 15 is 0 Å². The molecule has 1 heterocycles. The van der Waals surface area contributed by atoms with Crippen molar-refractivity contribution in [2.45, 2.75) is 11.2 Å². The molecule has 2 aromatic rings. The molecule has 0 saturated heterocycles. The lowest BCUT2D eigenvalue weighted by atomic mass is 10.1. The molecular weight excluding hydrogens is 418 g/mol. The molecular formula is C12H9BrClIS. The first-order valence-corrected chi connectivity index (χ1v) is 8.03. The van der Waals surface area contributed by atoms with Gasteiger partial charge in [-0.25, -0.2) is 0 Å². The van der Waals surface area contributed by atoms with Crippen molar-refractivity contribution in [3.63, 3.8) is 0 Å². The SMILES string of the molecule is Clc1ccc(I)c(C(Br)Cc2cccs2)c1. The average molecular weight is 428 g/mol. The summed E-state index contributed by atoms with van der Waals surface area (Å²) in [6.07, 6.45) is 1.01. The Labute approximate surface area is 126 Å². The van der Waals surface area contributed by atoms with Crippen LogP contribution in [0.15, 0.2) is 35.7 Å². The van der Waals surface area contributed by atoms with E-state index in [9.17, 15) is 0 Å². The van der Waals surface area contributed by atoms with Crippen LogP contribution in [-0.4, -0.2) is 0 Å². The van der Waals surface area contributed by atoms with Crippen molar-refractivity contribution in [1.82, 2.24) is 0 Å². The minimum absolute atomic E-state index is 0.330. The van der Waals surface area contributed by atoms with Crippen LogP contribution in [-0.2, 0) is 6.42 Å². The molecule has 0 amide bonds. The fourth-order valence-electron chi connectivity index (χ4n) is 1.47. The summed E-state index contributed by atoms with van der Waals surface area (Å²) in [4.78, 5) is 1.72. The molecule has 0 bridgehead atoms. The number of halogens is 3. The molecule has 1 atom stereocenters. The lowest BCUT2D eigenvalue weighted by Gasteiger charge is -2.11. The van der Waals surface area contributed by atoms with E-state index in [2.05, 4.69) is 62.1 Å². The normalized spacial score (nSPS) is 12.7. The topological polar surface area (TPSA) is 0 Å². The van der Waals surface area contributed by atoms with E-state index in [-0.39, 0.29) is 0 Å². The molecule has 1 aromatic heterocycles. The molecule has 0 aliphatic heterocycles. The van der Waals surface area contributed by atoms with E-state index in [0.717, 1.165) is 11.4 Å². The number of hydrogen-bond acceptors (Lipinski definition) is 1. The van der Waals surface area contributed by atoms with Gasteiger partial charge in [-0.05, 0) is 64.2 Å². The van der Waals surface area contributed by atoms with E-state index in [4.69, 9.17) is 11.6 Å². The second-order valence-electron chi connectivity index (χ2n) is 3.42. The molecule has 4 heteroatoms. The number of benzene rings is 1. The van der Waals surface area contributed by atoms with Crippen LogP contribution in [0.1, 0.15) is 15.3 Å². The summed E-state index contributed by atoms with van der Waals surface area (Å²) in [7, 11) is 0. The van der Waals surface area contributed by atoms with E-state index in [0.29, 0.717) is 4.83 Å². The van der Waals surface area contributed by atoms with Crippen molar-refractivity contribution < 1.29 is 0 Å². The van der Waals surface area contributed by atoms with Gasteiger partial charge < -0.3 is 0 Å². The van der Waals surface area contributed by atoms with Gasteiger partial charge in [0.05, 0.1) is 0 Å². The highest BCUT2D eigenvalue weighted by molar-refractivity contribution is 14.1. The second-order valence-corrected chi connectivity index (χ2v) is 7.15. The molecule has 0 N–H and O–H groups in total. The quantitative estimate of drug-likeness (QED) is 0.436. The van der Waals surface area contributed by atoms with Crippen molar-refractivity contribution >= 4 is 61.5 Å². The number of thiophene rings is 1. The molecule has 0 spiro atoms. The van der Waals surface area contributed by atoms with Crippen LogP contribution < -0.4 is 0 Å². The van der Waals surface area contributed by atoms with Gasteiger partial charge in [0.25, 0.3) is 0 Å². The summed E-state index contributed by atoms with van der Waals surface area (Å²) in [5.41, 5.74) is 1.27. The maximum Gasteiger partial charge on any atom is 0.0454 e. The Morgan fingerprint density at radius 3 is 2.88 bits per heavy atom. The van der Waals surface area contributed by atoms with E-state index < -0.39 is 0 Å². The molecule has 0 radical (unpaired) electrons. The van der Waals surface area contributed by atoms with Crippen molar-refractivity contribution in [1.29, 1.82) is 0 Å². The smallest absolute Gasteiger partial charge is 0.0454 e. The summed E-state index contributed by atoms with van der Waals surface area (Å²) in [5, 5.41) is 2.91. The molecule has 0 nitrogen and oxygen atoms in total. The number of hydrogen-bond donors (Lipinski definition) is 0. The summed E-state index contributed by atoms with van der Waals surface area (Å²) < 4.78 is 1.25. The van der Waals surface area contributed by atoms with E-state index in [1.165, 1.54) is 14.0 Å². The van der Waals surface area contributed by atoms with E-state index in [1.807, 2.05) is 12.1 Å². The Morgan fingerprint density at radius 2 is 2.19 bits per heavy atom. The molecule has 0 saturated carbocycles. The average Bonchev–Trinajstić information content (AvgIpc) is 2.74. The maximum atomic E-state index is 6.02. The van der Waals surface area contributed by atoms with Gasteiger partial charge >= 0.3 is 0 Å². The lowest BCUT2D eigenvalue weighted by molar-refractivity contribution is 0.962. The van der Waals surface area contributed by atoms with Crippen LogP contribution in [0, 0.1) is 3.57 Å². The van der Waals surface area contributed by atoms with Gasteiger partial charge in [-0.1, -0.05) is 33.6 Å². The Balaban J connectivity index is 2.20. The van der Waals surface area contributed by atoms with Crippen molar-refractivity contribution in [3.05, 3.63) is 54.7 Å². The molecule has 0 aliphatic carbocycles. The first-order valence-electron chi connectivity index (χ1n) is 4.78. The molecule has 84 valence electrons. The Bertz CT molecular complexity index is 470. The van der Waals surface area contributed by atoms with Crippen LogP contribution in [0.3, 0.4) is 0 Å². The van der Waals surface area contributed by atoms with Gasteiger partial charge in [-0.3, -0.25) is 0 Å². The second kappa shape index (κ2) is 5.85. The molecule has 16 heavy (non-hydrogen) atoms. The molecule has 0 fully saturated rings. The van der Waals surface area contributed by atoms with Gasteiger partial charge in [0.1, 0.15) is 0 Å². The minimum Gasteiger partial charge on any atom is -0.149 e. The van der Waals surface area contributed by atoms with Gasteiger partial charge in [-0.15, -0.1) is 11.3 Å². The monoisotopic (exact) mass is 426 g/mol. The van der Waals surface area contributed by atoms with Crippen LogP contribution in [0.25, 0.3) is 0 Å². The largest absolute Gasteiger partial charge is 0.149 e. The third-order valence-electron chi connectivity index (χ3n) is 2.26. The third kappa shape index (κ3) is 3.22. The highest BCUT2D eigenvalue weighted by Gasteiger charge is 2.12. The summed E-state index contributed by atoms with van der Waals surface area (Å²) in [5.74, 6) is 0. The van der Waals surface area contributed by atoms with Gasteiger partial charge in [0.15, 0.2) is 0 Å².